The van der Waals surface area contributed by atoms with Crippen molar-refractivity contribution in [1.29, 1.82) is 0 Å². The van der Waals surface area contributed by atoms with Crippen LogP contribution in [0.15, 0.2) is 60.8 Å². The Morgan fingerprint density at radius 3 is 1.42 bits per heavy atom. The first-order valence-electron chi connectivity index (χ1n) is 29.5. The van der Waals surface area contributed by atoms with E-state index < -0.39 is 86.8 Å². The fraction of sp³-hybridized carbons (Fsp3) is 0.817. The molecule has 12 atom stereocenters. The van der Waals surface area contributed by atoms with E-state index in [0.717, 1.165) is 64.2 Å². The highest BCUT2D eigenvalue weighted by Crippen LogP contribution is 2.30. The molecule has 12 unspecified atom stereocenters. The van der Waals surface area contributed by atoms with Crippen molar-refractivity contribution in [2.75, 3.05) is 19.8 Å². The van der Waals surface area contributed by atoms with Crippen LogP contribution in [0.1, 0.15) is 219 Å². The maximum absolute atomic E-state index is 13.2. The van der Waals surface area contributed by atoms with Crippen LogP contribution in [0.25, 0.3) is 0 Å². The molecule has 0 bridgehead atoms. The van der Waals surface area contributed by atoms with Crippen LogP contribution >= 0.6 is 0 Å². The normalized spacial score (nSPS) is 25.6. The fourth-order valence-corrected chi connectivity index (χ4v) is 9.35. The zero-order valence-electron chi connectivity index (χ0n) is 46.1. The monoisotopic (exact) mass is 1050 g/mol. The van der Waals surface area contributed by atoms with E-state index in [1.165, 1.54) is 122 Å². The third-order valence-corrected chi connectivity index (χ3v) is 14.2. The van der Waals surface area contributed by atoms with Crippen molar-refractivity contribution in [3.8, 4) is 0 Å². The third kappa shape index (κ3) is 31.2. The molecule has 430 valence electrons. The molecule has 0 saturated carbocycles. The van der Waals surface area contributed by atoms with Gasteiger partial charge in [-0.3, -0.25) is 4.79 Å². The summed E-state index contributed by atoms with van der Waals surface area (Å²) in [4.78, 5) is 13.2. The van der Waals surface area contributed by atoms with E-state index in [1.54, 1.807) is 6.08 Å². The van der Waals surface area contributed by atoms with E-state index in [4.69, 9.17) is 18.9 Å². The van der Waals surface area contributed by atoms with Crippen LogP contribution < -0.4 is 5.32 Å². The molecule has 2 aliphatic heterocycles. The van der Waals surface area contributed by atoms with E-state index in [-0.39, 0.29) is 18.9 Å². The van der Waals surface area contributed by atoms with Crippen molar-refractivity contribution in [1.82, 2.24) is 5.32 Å². The lowest BCUT2D eigenvalue weighted by atomic mass is 9.97. The molecule has 2 heterocycles. The molecule has 0 radical (unpaired) electrons. The van der Waals surface area contributed by atoms with Gasteiger partial charge in [0.05, 0.1) is 32.0 Å². The molecule has 14 heteroatoms. The van der Waals surface area contributed by atoms with Gasteiger partial charge in [-0.05, 0) is 77.0 Å². The Morgan fingerprint density at radius 2 is 0.905 bits per heavy atom. The molecule has 74 heavy (non-hydrogen) atoms. The number of hydrogen-bond donors (Lipinski definition) is 9. The van der Waals surface area contributed by atoms with Crippen LogP contribution in [-0.4, -0.2) is 140 Å². The van der Waals surface area contributed by atoms with Crippen molar-refractivity contribution < 1.29 is 64.6 Å². The molecule has 1 amide bonds. The molecule has 2 aliphatic rings. The van der Waals surface area contributed by atoms with Crippen molar-refractivity contribution in [3.63, 3.8) is 0 Å². The Kier molecular flexibility index (Phi) is 41.9. The Morgan fingerprint density at radius 1 is 0.486 bits per heavy atom. The molecule has 14 nitrogen and oxygen atoms in total. The van der Waals surface area contributed by atoms with Crippen molar-refractivity contribution in [3.05, 3.63) is 60.8 Å². The zero-order chi connectivity index (χ0) is 53.9. The van der Waals surface area contributed by atoms with E-state index >= 15 is 0 Å². The lowest BCUT2D eigenvalue weighted by molar-refractivity contribution is -0.359. The van der Waals surface area contributed by atoms with Crippen LogP contribution in [0.5, 0.6) is 0 Å². The van der Waals surface area contributed by atoms with E-state index in [2.05, 4.69) is 67.8 Å². The van der Waals surface area contributed by atoms with Gasteiger partial charge < -0.3 is 65.1 Å². The van der Waals surface area contributed by atoms with Crippen LogP contribution in [0.4, 0.5) is 0 Å². The third-order valence-electron chi connectivity index (χ3n) is 14.2. The van der Waals surface area contributed by atoms with Gasteiger partial charge in [-0.1, -0.05) is 197 Å². The topological polar surface area (TPSA) is 228 Å². The van der Waals surface area contributed by atoms with E-state index in [0.29, 0.717) is 12.8 Å². The number of hydrogen-bond acceptors (Lipinski definition) is 13. The quantitative estimate of drug-likeness (QED) is 0.0205. The van der Waals surface area contributed by atoms with Gasteiger partial charge in [-0.2, -0.15) is 0 Å². The van der Waals surface area contributed by atoms with E-state index in [1.807, 2.05) is 6.08 Å². The summed E-state index contributed by atoms with van der Waals surface area (Å²) in [5, 5.41) is 87.0. The van der Waals surface area contributed by atoms with Gasteiger partial charge in [0, 0.05) is 6.42 Å². The number of aliphatic hydroxyl groups is 8. The van der Waals surface area contributed by atoms with Gasteiger partial charge in [0.2, 0.25) is 5.91 Å². The lowest BCUT2D eigenvalue weighted by Gasteiger charge is -2.46. The van der Waals surface area contributed by atoms with Crippen molar-refractivity contribution in [2.45, 2.75) is 293 Å². The first-order chi connectivity index (χ1) is 36.1. The number of ether oxygens (including phenoxy) is 4. The fourth-order valence-electron chi connectivity index (χ4n) is 9.35. The van der Waals surface area contributed by atoms with Crippen molar-refractivity contribution >= 4 is 5.91 Å². The van der Waals surface area contributed by atoms with Crippen LogP contribution in [0, 0.1) is 0 Å². The number of rotatable bonds is 46. The smallest absolute Gasteiger partial charge is 0.220 e. The molecule has 0 aromatic rings. The molecule has 0 aromatic heterocycles. The summed E-state index contributed by atoms with van der Waals surface area (Å²) in [6, 6.07) is -0.944. The Labute approximate surface area is 447 Å². The minimum Gasteiger partial charge on any atom is -0.394 e. The standard InChI is InChI=1S/C60H107NO13/c1-3-5-7-9-11-13-15-17-19-21-23-24-25-26-27-29-31-33-35-37-39-41-43-49(64)48(61-52(65)44-42-40-38-36-34-32-30-28-22-20-18-16-14-12-10-8-6-4-2)47-71-59-57(70)55(68)58(51(46-63)73-59)74-60-56(69)54(67)53(66)50(45-62)72-60/h14,16,20,22,26-27,33,35,41,43,48-51,53-60,62-64,66-70H,3-13,15,17-19,21,23-25,28-32,34,36-40,42,44-47H2,1-2H3,(H,61,65)/b16-14-,22-20-,27-26+,35-33+,43-41+. The summed E-state index contributed by atoms with van der Waals surface area (Å²) in [6.07, 6.45) is 41.1. The number of amides is 1. The molecule has 0 aliphatic carbocycles. The summed E-state index contributed by atoms with van der Waals surface area (Å²) in [7, 11) is 0. The summed E-state index contributed by atoms with van der Waals surface area (Å²) >= 11 is 0. The number of carbonyl (C=O) groups excluding carboxylic acids is 1. The minimum atomic E-state index is -1.79. The molecule has 9 N–H and O–H groups in total. The first kappa shape index (κ1) is 67.8. The minimum absolute atomic E-state index is 0.259. The highest BCUT2D eigenvalue weighted by molar-refractivity contribution is 5.76. The zero-order valence-corrected chi connectivity index (χ0v) is 46.1. The average Bonchev–Trinajstić information content (AvgIpc) is 3.40. The maximum Gasteiger partial charge on any atom is 0.220 e. The molecule has 2 rings (SSSR count). The Hall–Kier alpha value is -2.31. The van der Waals surface area contributed by atoms with Gasteiger partial charge >= 0.3 is 0 Å². The molecular weight excluding hydrogens is 943 g/mol. The van der Waals surface area contributed by atoms with E-state index in [9.17, 15) is 45.6 Å². The predicted octanol–water partition coefficient (Wildman–Crippen LogP) is 9.78. The van der Waals surface area contributed by atoms with Gasteiger partial charge in [0.25, 0.3) is 0 Å². The second-order valence-electron chi connectivity index (χ2n) is 20.7. The molecule has 2 fully saturated rings. The molecule has 2 saturated heterocycles. The summed E-state index contributed by atoms with van der Waals surface area (Å²) in [5.74, 6) is -0.262. The lowest BCUT2D eigenvalue weighted by Crippen LogP contribution is -2.65. The summed E-state index contributed by atoms with van der Waals surface area (Å²) < 4.78 is 22.7. The summed E-state index contributed by atoms with van der Waals surface area (Å²) in [6.45, 7) is 2.75. The number of carbonyl (C=O) groups is 1. The molecule has 0 aromatic carbocycles. The van der Waals surface area contributed by atoms with Crippen molar-refractivity contribution in [2.24, 2.45) is 0 Å². The van der Waals surface area contributed by atoms with Gasteiger partial charge in [0.1, 0.15) is 48.8 Å². The van der Waals surface area contributed by atoms with Gasteiger partial charge in [0.15, 0.2) is 12.6 Å². The van der Waals surface area contributed by atoms with Crippen LogP contribution in [0.2, 0.25) is 0 Å². The number of unbranched alkanes of at least 4 members (excludes halogenated alkanes) is 25. The van der Waals surface area contributed by atoms with Gasteiger partial charge in [-0.15, -0.1) is 0 Å². The first-order valence-corrected chi connectivity index (χ1v) is 29.5. The SMILES string of the molecule is CCCCCC/C=C\C/C=C\CCCCCCCCCC(=O)NC(COC1OC(CO)C(OC2OC(CO)C(O)C(O)C2O)C(O)C1O)C(O)/C=C/CC/C=C/CC/C=C/CCCCCCCCCCCCCC. The van der Waals surface area contributed by atoms with Crippen LogP contribution in [0.3, 0.4) is 0 Å². The Bertz CT molecular complexity index is 1470. The number of allylic oxidation sites excluding steroid dienone is 9. The molecule has 0 spiro atoms. The highest BCUT2D eigenvalue weighted by atomic mass is 16.7. The molecular formula is C60H107NO13. The number of aliphatic hydroxyl groups excluding tert-OH is 8. The highest BCUT2D eigenvalue weighted by Gasteiger charge is 2.51. The largest absolute Gasteiger partial charge is 0.394 e. The van der Waals surface area contributed by atoms with Crippen LogP contribution in [-0.2, 0) is 23.7 Å². The Balaban J connectivity index is 1.81. The predicted molar refractivity (Wildman–Crippen MR) is 295 cm³/mol. The maximum atomic E-state index is 13.2. The second kappa shape index (κ2) is 45.7. The number of nitrogens with one attached hydrogen (secondary N) is 1. The summed E-state index contributed by atoms with van der Waals surface area (Å²) in [5.41, 5.74) is 0. The second-order valence-corrected chi connectivity index (χ2v) is 20.7. The average molecular weight is 1050 g/mol. The van der Waals surface area contributed by atoms with Gasteiger partial charge in [-0.25, -0.2) is 0 Å².